The molecule has 5 heteroatoms. The number of carbonyl (C=O) groups excluding carboxylic acids is 1. The predicted octanol–water partition coefficient (Wildman–Crippen LogP) is 2.85. The number of benzene rings is 2. The van der Waals surface area contributed by atoms with Crippen LogP contribution < -0.4 is 5.73 Å². The summed E-state index contributed by atoms with van der Waals surface area (Å²) in [5.41, 5.74) is 8.71. The zero-order chi connectivity index (χ0) is 14.1. The van der Waals surface area contributed by atoms with E-state index in [1.165, 1.54) is 5.56 Å². The van der Waals surface area contributed by atoms with E-state index in [-0.39, 0.29) is 0 Å². The van der Waals surface area contributed by atoms with Crippen molar-refractivity contribution in [2.75, 3.05) is 0 Å². The summed E-state index contributed by atoms with van der Waals surface area (Å²) < 4.78 is 2.63. The first kappa shape index (κ1) is 12.6. The topological polar surface area (TPSA) is 63.8 Å². The molecule has 0 aliphatic rings. The Balaban J connectivity index is 2.10. The lowest BCUT2D eigenvalue weighted by Gasteiger charge is -2.05. The van der Waals surface area contributed by atoms with Gasteiger partial charge < -0.3 is 15.3 Å². The van der Waals surface area contributed by atoms with Crippen LogP contribution in [-0.2, 0) is 6.54 Å². The average Bonchev–Trinajstić information content (AvgIpc) is 2.75. The van der Waals surface area contributed by atoms with E-state index in [4.69, 9.17) is 18.0 Å². The quantitative estimate of drug-likeness (QED) is 0.726. The highest BCUT2D eigenvalue weighted by molar-refractivity contribution is 7.71. The minimum Gasteiger partial charge on any atom is -0.366 e. The van der Waals surface area contributed by atoms with Gasteiger partial charge in [0, 0.05) is 5.56 Å². The molecule has 100 valence electrons. The Morgan fingerprint density at radius 3 is 2.65 bits per heavy atom. The van der Waals surface area contributed by atoms with E-state index in [1.54, 1.807) is 12.1 Å². The molecular weight excluding hydrogens is 270 g/mol. The van der Waals surface area contributed by atoms with Crippen LogP contribution in [0.4, 0.5) is 0 Å². The summed E-state index contributed by atoms with van der Waals surface area (Å²) in [5, 5.41) is 0. The van der Waals surface area contributed by atoms with Crippen molar-refractivity contribution in [2.24, 2.45) is 5.73 Å². The van der Waals surface area contributed by atoms with Crippen LogP contribution in [0, 0.1) is 4.77 Å². The monoisotopic (exact) mass is 283 g/mol. The largest absolute Gasteiger partial charge is 0.366 e. The number of nitrogens with one attached hydrogen (secondary N) is 1. The lowest BCUT2D eigenvalue weighted by Crippen LogP contribution is -2.10. The molecule has 0 unspecified atom stereocenters. The number of imidazole rings is 1. The Morgan fingerprint density at radius 1 is 1.20 bits per heavy atom. The van der Waals surface area contributed by atoms with Crippen LogP contribution in [0.5, 0.6) is 0 Å². The second kappa shape index (κ2) is 4.94. The van der Waals surface area contributed by atoms with E-state index in [2.05, 4.69) is 17.1 Å². The normalized spacial score (nSPS) is 10.8. The molecule has 0 saturated carbocycles. The van der Waals surface area contributed by atoms with Crippen LogP contribution in [-0.4, -0.2) is 15.5 Å². The number of rotatable bonds is 3. The summed E-state index contributed by atoms with van der Waals surface area (Å²) in [7, 11) is 0. The zero-order valence-electron chi connectivity index (χ0n) is 10.7. The smallest absolute Gasteiger partial charge is 0.248 e. The second-order valence-electron chi connectivity index (χ2n) is 4.60. The fraction of sp³-hybridized carbons (Fsp3) is 0.0667. The first-order valence-corrected chi connectivity index (χ1v) is 6.62. The number of aromatic nitrogens is 2. The minimum atomic E-state index is -0.443. The summed E-state index contributed by atoms with van der Waals surface area (Å²) >= 11 is 5.35. The van der Waals surface area contributed by atoms with Crippen molar-refractivity contribution in [2.45, 2.75) is 6.54 Å². The molecular formula is C15H13N3OS. The maximum Gasteiger partial charge on any atom is 0.248 e. The average molecular weight is 283 g/mol. The van der Waals surface area contributed by atoms with Gasteiger partial charge in [-0.05, 0) is 36.0 Å². The van der Waals surface area contributed by atoms with Crippen molar-refractivity contribution < 1.29 is 4.79 Å². The van der Waals surface area contributed by atoms with Crippen molar-refractivity contribution in [3.63, 3.8) is 0 Å². The van der Waals surface area contributed by atoms with Crippen LogP contribution >= 0.6 is 12.2 Å². The van der Waals surface area contributed by atoms with E-state index in [0.717, 1.165) is 11.0 Å². The number of hydrogen-bond donors (Lipinski definition) is 2. The molecule has 0 atom stereocenters. The standard InChI is InChI=1S/C15H13N3OS/c16-14(19)11-6-7-13-12(8-11)17-15(20)18(13)9-10-4-2-1-3-5-10/h1-8H,9H2,(H2,16,19)(H,17,20). The number of nitrogens with two attached hydrogens (primary N) is 1. The third-order valence-corrected chi connectivity index (χ3v) is 3.56. The molecule has 3 N–H and O–H groups in total. The summed E-state index contributed by atoms with van der Waals surface area (Å²) in [4.78, 5) is 14.3. The van der Waals surface area contributed by atoms with Crippen LogP contribution in [0.2, 0.25) is 0 Å². The van der Waals surface area contributed by atoms with Gasteiger partial charge in [0.1, 0.15) is 0 Å². The summed E-state index contributed by atoms with van der Waals surface area (Å²) in [6, 6.07) is 15.4. The van der Waals surface area contributed by atoms with Gasteiger partial charge in [0.15, 0.2) is 4.77 Å². The van der Waals surface area contributed by atoms with Crippen molar-refractivity contribution in [1.82, 2.24) is 9.55 Å². The highest BCUT2D eigenvalue weighted by atomic mass is 32.1. The van der Waals surface area contributed by atoms with Crippen molar-refractivity contribution in [3.05, 3.63) is 64.4 Å². The van der Waals surface area contributed by atoms with Crippen LogP contribution in [0.1, 0.15) is 15.9 Å². The molecule has 1 aromatic heterocycles. The van der Waals surface area contributed by atoms with Crippen molar-refractivity contribution in [3.8, 4) is 0 Å². The minimum absolute atomic E-state index is 0.443. The van der Waals surface area contributed by atoms with Gasteiger partial charge in [0.05, 0.1) is 17.6 Å². The van der Waals surface area contributed by atoms with E-state index < -0.39 is 5.91 Å². The number of primary amides is 1. The van der Waals surface area contributed by atoms with Gasteiger partial charge in [-0.1, -0.05) is 30.3 Å². The Hall–Kier alpha value is -2.40. The summed E-state index contributed by atoms with van der Waals surface area (Å²) in [6.07, 6.45) is 0. The first-order valence-electron chi connectivity index (χ1n) is 6.21. The Kier molecular flexibility index (Phi) is 3.12. The van der Waals surface area contributed by atoms with Crippen LogP contribution in [0.3, 0.4) is 0 Å². The number of aromatic amines is 1. The van der Waals surface area contributed by atoms with Gasteiger partial charge in [0.25, 0.3) is 0 Å². The number of carbonyl (C=O) groups is 1. The molecule has 1 amide bonds. The van der Waals surface area contributed by atoms with Crippen molar-refractivity contribution >= 4 is 29.2 Å². The lowest BCUT2D eigenvalue weighted by atomic mass is 10.2. The van der Waals surface area contributed by atoms with Gasteiger partial charge in [0.2, 0.25) is 5.91 Å². The van der Waals surface area contributed by atoms with Crippen molar-refractivity contribution in [1.29, 1.82) is 0 Å². The Morgan fingerprint density at radius 2 is 1.95 bits per heavy atom. The molecule has 0 radical (unpaired) electrons. The SMILES string of the molecule is NC(=O)c1ccc2c(c1)[nH]c(=S)n2Cc1ccccc1. The maximum atomic E-state index is 11.2. The third kappa shape index (κ3) is 2.23. The number of amides is 1. The van der Waals surface area contributed by atoms with Gasteiger partial charge in [-0.3, -0.25) is 4.79 Å². The molecule has 3 aromatic rings. The Bertz CT molecular complexity index is 833. The van der Waals surface area contributed by atoms with Gasteiger partial charge in [-0.25, -0.2) is 0 Å². The van der Waals surface area contributed by atoms with E-state index in [1.807, 2.05) is 28.8 Å². The van der Waals surface area contributed by atoms with E-state index in [9.17, 15) is 4.79 Å². The van der Waals surface area contributed by atoms with Gasteiger partial charge in [-0.15, -0.1) is 0 Å². The molecule has 0 aliphatic carbocycles. The molecule has 0 bridgehead atoms. The number of fused-ring (bicyclic) bond motifs is 1. The lowest BCUT2D eigenvalue weighted by molar-refractivity contribution is 0.100. The fourth-order valence-corrected chi connectivity index (χ4v) is 2.51. The fourth-order valence-electron chi connectivity index (χ4n) is 2.24. The van der Waals surface area contributed by atoms with E-state index >= 15 is 0 Å². The molecule has 3 rings (SSSR count). The van der Waals surface area contributed by atoms with Gasteiger partial charge >= 0.3 is 0 Å². The molecule has 1 heterocycles. The molecule has 0 fully saturated rings. The molecule has 4 nitrogen and oxygen atoms in total. The highest BCUT2D eigenvalue weighted by Gasteiger charge is 2.08. The van der Waals surface area contributed by atoms with Crippen LogP contribution in [0.15, 0.2) is 48.5 Å². The second-order valence-corrected chi connectivity index (χ2v) is 4.98. The number of H-pyrrole nitrogens is 1. The third-order valence-electron chi connectivity index (χ3n) is 3.24. The summed E-state index contributed by atoms with van der Waals surface area (Å²) in [6.45, 7) is 0.690. The van der Waals surface area contributed by atoms with Gasteiger partial charge in [-0.2, -0.15) is 0 Å². The molecule has 2 aromatic carbocycles. The zero-order valence-corrected chi connectivity index (χ0v) is 11.5. The highest BCUT2D eigenvalue weighted by Crippen LogP contribution is 2.17. The molecule has 20 heavy (non-hydrogen) atoms. The van der Waals surface area contributed by atoms with Crippen LogP contribution in [0.25, 0.3) is 11.0 Å². The number of hydrogen-bond acceptors (Lipinski definition) is 2. The predicted molar refractivity (Wildman–Crippen MR) is 81.2 cm³/mol. The molecule has 0 aliphatic heterocycles. The summed E-state index contributed by atoms with van der Waals surface area (Å²) in [5.74, 6) is -0.443. The maximum absolute atomic E-state index is 11.2. The molecule has 0 spiro atoms. The van der Waals surface area contributed by atoms with E-state index in [0.29, 0.717) is 16.9 Å². The first-order chi connectivity index (χ1) is 9.65. The molecule has 0 saturated heterocycles. The Labute approximate surface area is 120 Å². The number of nitrogens with zero attached hydrogens (tertiary/aromatic N) is 1.